The molecule has 2 N–H and O–H groups in total. The summed E-state index contributed by atoms with van der Waals surface area (Å²) in [5, 5.41) is 16.9. The third-order valence-corrected chi connectivity index (χ3v) is 2.94. The largest absolute Gasteiger partial charge is 0.481 e. The van der Waals surface area contributed by atoms with Crippen molar-refractivity contribution in [2.75, 3.05) is 11.9 Å². The van der Waals surface area contributed by atoms with Crippen LogP contribution in [0.3, 0.4) is 0 Å². The van der Waals surface area contributed by atoms with E-state index in [9.17, 15) is 4.79 Å². The topological polar surface area (TPSA) is 67.2 Å². The highest BCUT2D eigenvalue weighted by molar-refractivity contribution is 9.10. The lowest BCUT2D eigenvalue weighted by Crippen LogP contribution is -2.08. The molecule has 1 aromatic carbocycles. The monoisotopic (exact) mass is 327 g/mol. The van der Waals surface area contributed by atoms with Gasteiger partial charge < -0.3 is 10.4 Å². The molecule has 19 heavy (non-hydrogen) atoms. The molecule has 0 saturated carbocycles. The maximum absolute atomic E-state index is 10.4. The minimum Gasteiger partial charge on any atom is -0.481 e. The molecule has 1 heterocycles. The van der Waals surface area contributed by atoms with Gasteiger partial charge in [0.25, 0.3) is 0 Å². The van der Waals surface area contributed by atoms with Crippen LogP contribution >= 0.6 is 15.9 Å². The molecule has 0 saturated heterocycles. The summed E-state index contributed by atoms with van der Waals surface area (Å²) in [4.78, 5) is 10.4. The predicted molar refractivity (Wildman–Crippen MR) is 80.5 cm³/mol. The first kappa shape index (κ1) is 15.5. The van der Waals surface area contributed by atoms with Crippen LogP contribution in [0.25, 0.3) is 10.9 Å². The van der Waals surface area contributed by atoms with Crippen molar-refractivity contribution >= 4 is 38.6 Å². The molecule has 104 valence electrons. The van der Waals surface area contributed by atoms with Gasteiger partial charge in [-0.2, -0.15) is 5.10 Å². The summed E-state index contributed by atoms with van der Waals surface area (Å²) in [5.41, 5.74) is 0.997. The Kier molecular flexibility index (Phi) is 5.82. The van der Waals surface area contributed by atoms with Crippen LogP contribution in [-0.2, 0) is 11.8 Å². The minimum absolute atomic E-state index is 0.0780. The molecule has 0 radical (unpaired) electrons. The molecule has 0 aliphatic heterocycles. The summed E-state index contributed by atoms with van der Waals surface area (Å²) >= 11 is 3.41. The molecular weight excluding hydrogens is 310 g/mol. The van der Waals surface area contributed by atoms with Crippen LogP contribution < -0.4 is 5.32 Å². The zero-order chi connectivity index (χ0) is 14.4. The van der Waals surface area contributed by atoms with Gasteiger partial charge in [0.05, 0.1) is 11.9 Å². The molecule has 0 spiro atoms. The summed E-state index contributed by atoms with van der Waals surface area (Å²) in [5.74, 6) is -0.100. The van der Waals surface area contributed by atoms with E-state index in [1.54, 1.807) is 4.68 Å². The molecule has 0 aliphatic carbocycles. The Balaban J connectivity index is 0.000000861. The fraction of sp³-hybridized carbons (Fsp3) is 0.385. The van der Waals surface area contributed by atoms with Crippen molar-refractivity contribution in [1.82, 2.24) is 9.78 Å². The molecule has 0 fully saturated rings. The van der Waals surface area contributed by atoms with Crippen LogP contribution in [0.5, 0.6) is 0 Å². The van der Waals surface area contributed by atoms with Crippen molar-refractivity contribution in [3.8, 4) is 0 Å². The van der Waals surface area contributed by atoms with Crippen LogP contribution in [0.2, 0.25) is 0 Å². The number of carboxylic acids is 1. The van der Waals surface area contributed by atoms with Crippen molar-refractivity contribution in [3.05, 3.63) is 22.7 Å². The van der Waals surface area contributed by atoms with Crippen molar-refractivity contribution in [1.29, 1.82) is 0 Å². The van der Waals surface area contributed by atoms with E-state index in [1.807, 2.05) is 39.1 Å². The van der Waals surface area contributed by atoms with Crippen LogP contribution in [0, 0.1) is 0 Å². The van der Waals surface area contributed by atoms with Gasteiger partial charge in [-0.1, -0.05) is 29.8 Å². The van der Waals surface area contributed by atoms with E-state index in [0.29, 0.717) is 6.54 Å². The van der Waals surface area contributed by atoms with E-state index in [0.717, 1.165) is 21.2 Å². The number of aryl methyl sites for hydroxylation is 1. The lowest BCUT2D eigenvalue weighted by atomic mass is 10.2. The maximum atomic E-state index is 10.4. The summed E-state index contributed by atoms with van der Waals surface area (Å²) in [6.07, 6.45) is 0.0780. The Labute approximate surface area is 120 Å². The molecule has 0 unspecified atom stereocenters. The van der Waals surface area contributed by atoms with E-state index in [2.05, 4.69) is 26.3 Å². The normalized spacial score (nSPS) is 9.89. The zero-order valence-corrected chi connectivity index (χ0v) is 12.9. The second kappa shape index (κ2) is 7.13. The van der Waals surface area contributed by atoms with Gasteiger partial charge in [-0.3, -0.25) is 9.48 Å². The number of nitrogens with zero attached hydrogens (tertiary/aromatic N) is 2. The highest BCUT2D eigenvalue weighted by Gasteiger charge is 2.08. The Hall–Kier alpha value is -1.56. The number of aliphatic carboxylic acids is 1. The second-order valence-electron chi connectivity index (χ2n) is 3.70. The van der Waals surface area contributed by atoms with Crippen LogP contribution in [-0.4, -0.2) is 27.4 Å². The molecule has 2 aromatic rings. The number of anilines is 1. The lowest BCUT2D eigenvalue weighted by molar-refractivity contribution is -0.136. The molecule has 0 aliphatic rings. The highest BCUT2D eigenvalue weighted by atomic mass is 79.9. The Morgan fingerprint density at radius 2 is 2.16 bits per heavy atom. The first-order chi connectivity index (χ1) is 9.08. The molecule has 0 bridgehead atoms. The maximum Gasteiger partial charge on any atom is 0.305 e. The summed E-state index contributed by atoms with van der Waals surface area (Å²) in [6, 6.07) is 5.87. The van der Waals surface area contributed by atoms with Gasteiger partial charge in [0.1, 0.15) is 0 Å². The van der Waals surface area contributed by atoms with E-state index >= 15 is 0 Å². The van der Waals surface area contributed by atoms with Crippen molar-refractivity contribution in [2.24, 2.45) is 7.05 Å². The average molecular weight is 328 g/mol. The molecule has 0 amide bonds. The third kappa shape index (κ3) is 3.96. The molecular formula is C13H18BrN3O2. The first-order valence-electron chi connectivity index (χ1n) is 6.16. The SMILES string of the molecule is CC.Cn1nc(NCCC(=O)O)c2ccc(Br)cc21. The third-order valence-electron chi connectivity index (χ3n) is 2.44. The minimum atomic E-state index is -0.819. The Bertz CT molecular complexity index is 566. The van der Waals surface area contributed by atoms with Crippen LogP contribution in [0.4, 0.5) is 5.82 Å². The van der Waals surface area contributed by atoms with E-state index in [-0.39, 0.29) is 6.42 Å². The van der Waals surface area contributed by atoms with Gasteiger partial charge in [0, 0.05) is 23.5 Å². The summed E-state index contributed by atoms with van der Waals surface area (Å²) in [6.45, 7) is 4.37. The fourth-order valence-electron chi connectivity index (χ4n) is 1.65. The number of carboxylic acid groups (broad SMARTS) is 1. The van der Waals surface area contributed by atoms with Crippen molar-refractivity contribution < 1.29 is 9.90 Å². The number of hydrogen-bond acceptors (Lipinski definition) is 3. The van der Waals surface area contributed by atoms with E-state index < -0.39 is 5.97 Å². The molecule has 2 rings (SSSR count). The average Bonchev–Trinajstić information content (AvgIpc) is 2.68. The number of benzene rings is 1. The van der Waals surface area contributed by atoms with E-state index in [4.69, 9.17) is 5.11 Å². The van der Waals surface area contributed by atoms with Gasteiger partial charge >= 0.3 is 5.97 Å². The standard InChI is InChI=1S/C11H12BrN3O2.C2H6/c1-15-9-6-7(12)2-3-8(9)11(14-15)13-5-4-10(16)17;1-2/h2-3,6H,4-5H2,1H3,(H,13,14)(H,16,17);1-2H3. The summed E-state index contributed by atoms with van der Waals surface area (Å²) < 4.78 is 2.76. The number of nitrogens with one attached hydrogen (secondary N) is 1. The molecule has 6 heteroatoms. The van der Waals surface area contributed by atoms with Gasteiger partial charge in [-0.25, -0.2) is 0 Å². The molecule has 1 aromatic heterocycles. The zero-order valence-electron chi connectivity index (χ0n) is 11.3. The number of aromatic nitrogens is 2. The smallest absolute Gasteiger partial charge is 0.305 e. The fourth-order valence-corrected chi connectivity index (χ4v) is 2.00. The number of carbonyl (C=O) groups is 1. The number of fused-ring (bicyclic) bond motifs is 1. The highest BCUT2D eigenvalue weighted by Crippen LogP contribution is 2.25. The Morgan fingerprint density at radius 1 is 1.47 bits per heavy atom. The molecule has 5 nitrogen and oxygen atoms in total. The predicted octanol–water partition coefficient (Wildman–Crippen LogP) is 3.25. The van der Waals surface area contributed by atoms with Gasteiger partial charge in [0.2, 0.25) is 0 Å². The number of rotatable bonds is 4. The molecule has 0 atom stereocenters. The summed E-state index contributed by atoms with van der Waals surface area (Å²) in [7, 11) is 1.86. The van der Waals surface area contributed by atoms with Crippen LogP contribution in [0.15, 0.2) is 22.7 Å². The first-order valence-corrected chi connectivity index (χ1v) is 6.95. The quantitative estimate of drug-likeness (QED) is 0.904. The van der Waals surface area contributed by atoms with Gasteiger partial charge in [-0.15, -0.1) is 0 Å². The van der Waals surface area contributed by atoms with Gasteiger partial charge in [-0.05, 0) is 18.2 Å². The van der Waals surface area contributed by atoms with E-state index in [1.165, 1.54) is 0 Å². The van der Waals surface area contributed by atoms with Crippen molar-refractivity contribution in [3.63, 3.8) is 0 Å². The van der Waals surface area contributed by atoms with Gasteiger partial charge in [0.15, 0.2) is 5.82 Å². The number of halogens is 1. The second-order valence-corrected chi connectivity index (χ2v) is 4.62. The number of hydrogen-bond donors (Lipinski definition) is 2. The van der Waals surface area contributed by atoms with Crippen molar-refractivity contribution in [2.45, 2.75) is 20.3 Å². The Morgan fingerprint density at radius 3 is 2.79 bits per heavy atom. The van der Waals surface area contributed by atoms with Crippen LogP contribution in [0.1, 0.15) is 20.3 Å². The lowest BCUT2D eigenvalue weighted by Gasteiger charge is -2.00.